The zero-order valence-electron chi connectivity index (χ0n) is 16.3. The molecule has 6 nitrogen and oxygen atoms in total. The van der Waals surface area contributed by atoms with Gasteiger partial charge >= 0.3 is 0 Å². The summed E-state index contributed by atoms with van der Waals surface area (Å²) in [6.45, 7) is 1.95. The Kier molecular flexibility index (Phi) is 4.92. The highest BCUT2D eigenvalue weighted by Crippen LogP contribution is 2.41. The predicted molar refractivity (Wildman–Crippen MR) is 110 cm³/mol. The number of rotatable bonds is 4. The van der Waals surface area contributed by atoms with Crippen LogP contribution in [0.25, 0.3) is 0 Å². The van der Waals surface area contributed by atoms with Crippen molar-refractivity contribution in [3.8, 4) is 5.75 Å². The van der Waals surface area contributed by atoms with E-state index in [2.05, 4.69) is 5.32 Å². The summed E-state index contributed by atoms with van der Waals surface area (Å²) >= 11 is 0. The molecule has 1 aliphatic carbocycles. The number of ether oxygens (including phenoxy) is 1. The van der Waals surface area contributed by atoms with Crippen LogP contribution in [0.4, 0.5) is 11.4 Å². The molecule has 1 saturated heterocycles. The Morgan fingerprint density at radius 3 is 2.66 bits per heavy atom. The van der Waals surface area contributed by atoms with Gasteiger partial charge in [0, 0.05) is 11.8 Å². The minimum atomic E-state index is -0.393. The van der Waals surface area contributed by atoms with Crippen molar-refractivity contribution in [2.75, 3.05) is 17.3 Å². The first-order valence-corrected chi connectivity index (χ1v) is 9.60. The van der Waals surface area contributed by atoms with Crippen molar-refractivity contribution in [1.29, 1.82) is 0 Å². The molecule has 1 N–H and O–H groups in total. The summed E-state index contributed by atoms with van der Waals surface area (Å²) < 4.78 is 5.18. The molecule has 0 spiro atoms. The molecule has 2 aromatic carbocycles. The van der Waals surface area contributed by atoms with Crippen LogP contribution in [0.15, 0.2) is 60.7 Å². The lowest BCUT2D eigenvalue weighted by atomic mass is 9.78. The van der Waals surface area contributed by atoms with Crippen molar-refractivity contribution in [2.45, 2.75) is 13.3 Å². The highest BCUT2D eigenvalue weighted by Gasteiger charge is 2.51. The van der Waals surface area contributed by atoms with Gasteiger partial charge in [-0.3, -0.25) is 14.4 Å². The number of allylic oxidation sites excluding steroid dienone is 2. The van der Waals surface area contributed by atoms with E-state index in [9.17, 15) is 14.4 Å². The van der Waals surface area contributed by atoms with Gasteiger partial charge in [0.2, 0.25) is 11.8 Å². The van der Waals surface area contributed by atoms with Crippen LogP contribution >= 0.6 is 0 Å². The van der Waals surface area contributed by atoms with Crippen LogP contribution in [-0.2, 0) is 9.59 Å². The number of nitrogens with zero attached hydrogens (tertiary/aromatic N) is 1. The second kappa shape index (κ2) is 7.54. The van der Waals surface area contributed by atoms with Gasteiger partial charge in [0.05, 0.1) is 30.2 Å². The largest absolute Gasteiger partial charge is 0.497 e. The van der Waals surface area contributed by atoms with Crippen LogP contribution < -0.4 is 15.0 Å². The Bertz CT molecular complexity index is 1010. The maximum Gasteiger partial charge on any atom is 0.257 e. The number of methoxy groups -OCH3 is 1. The molecule has 1 heterocycles. The maximum atomic E-state index is 13.1. The second-order valence-electron chi connectivity index (χ2n) is 7.37. The fourth-order valence-electron chi connectivity index (χ4n) is 4.14. The van der Waals surface area contributed by atoms with Gasteiger partial charge in [-0.15, -0.1) is 0 Å². The highest BCUT2D eigenvalue weighted by atomic mass is 16.5. The predicted octanol–water partition coefficient (Wildman–Crippen LogP) is 3.65. The average molecular weight is 390 g/mol. The molecule has 148 valence electrons. The van der Waals surface area contributed by atoms with Crippen LogP contribution in [0.5, 0.6) is 5.75 Å². The third-order valence-electron chi connectivity index (χ3n) is 5.59. The van der Waals surface area contributed by atoms with Gasteiger partial charge in [0.1, 0.15) is 5.75 Å². The smallest absolute Gasteiger partial charge is 0.257 e. The van der Waals surface area contributed by atoms with E-state index in [1.165, 1.54) is 4.90 Å². The van der Waals surface area contributed by atoms with Crippen molar-refractivity contribution in [2.24, 2.45) is 17.8 Å². The molecule has 3 atom stereocenters. The minimum Gasteiger partial charge on any atom is -0.497 e. The zero-order chi connectivity index (χ0) is 20.5. The number of carbonyl (C=O) groups excluding carboxylic acids is 3. The molecular weight excluding hydrogens is 368 g/mol. The van der Waals surface area contributed by atoms with E-state index in [4.69, 9.17) is 4.74 Å². The topological polar surface area (TPSA) is 75.7 Å². The number of amides is 3. The van der Waals surface area contributed by atoms with Gasteiger partial charge in [-0.05, 0) is 36.6 Å². The number of carbonyl (C=O) groups is 3. The van der Waals surface area contributed by atoms with Gasteiger partial charge in [-0.1, -0.05) is 37.3 Å². The van der Waals surface area contributed by atoms with E-state index >= 15 is 0 Å². The Morgan fingerprint density at radius 2 is 1.90 bits per heavy atom. The fourth-order valence-corrected chi connectivity index (χ4v) is 4.14. The first kappa shape index (κ1) is 18.9. The van der Waals surface area contributed by atoms with E-state index in [1.807, 2.05) is 19.1 Å². The molecule has 2 aliphatic rings. The Morgan fingerprint density at radius 1 is 1.10 bits per heavy atom. The number of para-hydroxylation sites is 1. The van der Waals surface area contributed by atoms with Crippen molar-refractivity contribution >= 4 is 29.1 Å². The van der Waals surface area contributed by atoms with Crippen LogP contribution in [0.1, 0.15) is 23.7 Å². The standard InChI is InChI=1S/C23H22N2O4/c1-14-7-5-11-18-20(14)23(28)25(22(18)27)19-12-4-3-10-17(19)21(26)24-15-8-6-9-16(13-15)29-2/h3-10,12-14,18,20H,11H2,1-2H3,(H,24,26)/t14-,18-,20+/m1/s1. The zero-order valence-corrected chi connectivity index (χ0v) is 16.3. The summed E-state index contributed by atoms with van der Waals surface area (Å²) in [7, 11) is 1.55. The molecule has 0 bridgehead atoms. The lowest BCUT2D eigenvalue weighted by Crippen LogP contribution is -2.33. The fraction of sp³-hybridized carbons (Fsp3) is 0.261. The van der Waals surface area contributed by atoms with Gasteiger partial charge in [-0.2, -0.15) is 0 Å². The van der Waals surface area contributed by atoms with Gasteiger partial charge < -0.3 is 10.1 Å². The quantitative estimate of drug-likeness (QED) is 0.639. The summed E-state index contributed by atoms with van der Waals surface area (Å²) in [5.74, 6) is -0.995. The number of benzene rings is 2. The van der Waals surface area contributed by atoms with Gasteiger partial charge in [-0.25, -0.2) is 4.90 Å². The molecule has 1 aliphatic heterocycles. The summed E-state index contributed by atoms with van der Waals surface area (Å²) in [4.78, 5) is 40.3. The summed E-state index contributed by atoms with van der Waals surface area (Å²) in [5, 5.41) is 2.82. The Hall–Kier alpha value is -3.41. The molecule has 0 saturated carbocycles. The van der Waals surface area contributed by atoms with Crippen molar-refractivity contribution in [3.63, 3.8) is 0 Å². The average Bonchev–Trinajstić information content (AvgIpc) is 2.99. The van der Waals surface area contributed by atoms with E-state index < -0.39 is 5.91 Å². The van der Waals surface area contributed by atoms with E-state index in [-0.39, 0.29) is 35.1 Å². The van der Waals surface area contributed by atoms with E-state index in [0.717, 1.165) is 0 Å². The normalized spacial score (nSPS) is 23.1. The van der Waals surface area contributed by atoms with E-state index in [1.54, 1.807) is 55.6 Å². The maximum absolute atomic E-state index is 13.1. The molecule has 3 amide bonds. The number of anilines is 2. The first-order valence-electron chi connectivity index (χ1n) is 9.60. The molecule has 0 unspecified atom stereocenters. The van der Waals surface area contributed by atoms with Crippen LogP contribution in [-0.4, -0.2) is 24.8 Å². The lowest BCUT2D eigenvalue weighted by molar-refractivity contribution is -0.122. The SMILES string of the molecule is COc1cccc(NC(=O)c2ccccc2N2C(=O)[C@H]3[C@H](C)C=CC[C@H]3C2=O)c1. The summed E-state index contributed by atoms with van der Waals surface area (Å²) in [5.41, 5.74) is 1.16. The molecule has 1 fully saturated rings. The van der Waals surface area contributed by atoms with Crippen molar-refractivity contribution < 1.29 is 19.1 Å². The van der Waals surface area contributed by atoms with E-state index in [0.29, 0.717) is 23.5 Å². The van der Waals surface area contributed by atoms with Gasteiger partial charge in [0.15, 0.2) is 0 Å². The number of hydrogen-bond donors (Lipinski definition) is 1. The van der Waals surface area contributed by atoms with Crippen LogP contribution in [0.3, 0.4) is 0 Å². The summed E-state index contributed by atoms with van der Waals surface area (Å²) in [6, 6.07) is 13.7. The Balaban J connectivity index is 1.66. The van der Waals surface area contributed by atoms with Gasteiger partial charge in [0.25, 0.3) is 5.91 Å². The molecule has 6 heteroatoms. The van der Waals surface area contributed by atoms with Crippen molar-refractivity contribution in [1.82, 2.24) is 0 Å². The molecular formula is C23H22N2O4. The summed E-state index contributed by atoms with van der Waals surface area (Å²) in [6.07, 6.45) is 4.49. The first-order chi connectivity index (χ1) is 14.0. The number of nitrogens with one attached hydrogen (secondary N) is 1. The monoisotopic (exact) mass is 390 g/mol. The third-order valence-corrected chi connectivity index (χ3v) is 5.59. The molecule has 29 heavy (non-hydrogen) atoms. The number of fused-ring (bicyclic) bond motifs is 1. The van der Waals surface area contributed by atoms with Crippen LogP contribution in [0, 0.1) is 17.8 Å². The molecule has 0 radical (unpaired) electrons. The number of imide groups is 1. The molecule has 4 rings (SSSR count). The van der Waals surface area contributed by atoms with Crippen molar-refractivity contribution in [3.05, 3.63) is 66.2 Å². The Labute approximate surface area is 169 Å². The third kappa shape index (κ3) is 3.31. The second-order valence-corrected chi connectivity index (χ2v) is 7.37. The molecule has 0 aromatic heterocycles. The number of hydrogen-bond acceptors (Lipinski definition) is 4. The lowest BCUT2D eigenvalue weighted by Gasteiger charge is -2.22. The highest BCUT2D eigenvalue weighted by molar-refractivity contribution is 6.25. The van der Waals surface area contributed by atoms with Crippen LogP contribution in [0.2, 0.25) is 0 Å². The molecule has 2 aromatic rings. The minimum absolute atomic E-state index is 0.00651.